The van der Waals surface area contributed by atoms with Crippen LogP contribution in [-0.4, -0.2) is 0 Å². The van der Waals surface area contributed by atoms with Gasteiger partial charge in [-0.05, 0) is 23.2 Å². The molecule has 0 aromatic carbocycles. The van der Waals surface area contributed by atoms with Crippen molar-refractivity contribution in [2.24, 2.45) is 16.7 Å². The minimum absolute atomic E-state index is 0.319. The molecule has 0 radical (unpaired) electrons. The maximum Gasteiger partial charge on any atom is -0.0167 e. The number of rotatable bonds is 0. The third-order valence-corrected chi connectivity index (χ3v) is 3.35. The average Bonchev–Trinajstić information content (AvgIpc) is 1.99. The van der Waals surface area contributed by atoms with E-state index in [9.17, 15) is 0 Å². The van der Waals surface area contributed by atoms with E-state index < -0.39 is 0 Å². The van der Waals surface area contributed by atoms with E-state index in [1.807, 2.05) is 0 Å². The number of hydrogen-bond acceptors (Lipinski definition) is 0. The Bertz CT molecular complexity index is 289. The SMILES string of the molecule is CC1CC(C(C)(C)C)=CC=C1C(C)(C)C. The van der Waals surface area contributed by atoms with Gasteiger partial charge in [0.2, 0.25) is 0 Å². The summed E-state index contributed by atoms with van der Waals surface area (Å²) < 4.78 is 0. The van der Waals surface area contributed by atoms with Crippen molar-refractivity contribution in [3.63, 3.8) is 0 Å². The third kappa shape index (κ3) is 2.96. The summed E-state index contributed by atoms with van der Waals surface area (Å²) in [5.74, 6) is 0.698. The maximum atomic E-state index is 2.36. The molecule has 0 aromatic rings. The molecule has 0 saturated heterocycles. The Morgan fingerprint density at radius 2 is 1.47 bits per heavy atom. The van der Waals surface area contributed by atoms with E-state index in [1.54, 1.807) is 11.1 Å². The van der Waals surface area contributed by atoms with Crippen LogP contribution in [0.4, 0.5) is 0 Å². The summed E-state index contributed by atoms with van der Waals surface area (Å²) in [6.07, 6.45) is 5.93. The van der Waals surface area contributed by atoms with E-state index in [-0.39, 0.29) is 0 Å². The fraction of sp³-hybridized carbons (Fsp3) is 0.733. The lowest BCUT2D eigenvalue weighted by molar-refractivity contribution is 0.397. The zero-order valence-corrected chi connectivity index (χ0v) is 11.4. The lowest BCUT2D eigenvalue weighted by Crippen LogP contribution is -2.22. The number of hydrogen-bond donors (Lipinski definition) is 0. The summed E-state index contributed by atoms with van der Waals surface area (Å²) >= 11 is 0. The first kappa shape index (κ1) is 12.5. The van der Waals surface area contributed by atoms with Crippen LogP contribution in [0.1, 0.15) is 54.9 Å². The van der Waals surface area contributed by atoms with Gasteiger partial charge >= 0.3 is 0 Å². The normalized spacial score (nSPS) is 23.5. The van der Waals surface area contributed by atoms with Crippen molar-refractivity contribution < 1.29 is 0 Å². The van der Waals surface area contributed by atoms with Crippen molar-refractivity contribution in [2.45, 2.75) is 54.9 Å². The molecule has 0 N–H and O–H groups in total. The molecule has 0 aromatic heterocycles. The van der Waals surface area contributed by atoms with Crippen LogP contribution in [-0.2, 0) is 0 Å². The molecule has 0 heteroatoms. The molecule has 0 bridgehead atoms. The third-order valence-electron chi connectivity index (χ3n) is 3.35. The molecule has 1 aliphatic carbocycles. The highest BCUT2D eigenvalue weighted by molar-refractivity contribution is 5.31. The van der Waals surface area contributed by atoms with Crippen molar-refractivity contribution in [3.05, 3.63) is 23.3 Å². The summed E-state index contributed by atoms with van der Waals surface area (Å²) in [5, 5.41) is 0. The Hall–Kier alpha value is -0.520. The van der Waals surface area contributed by atoms with Crippen LogP contribution in [0.15, 0.2) is 23.3 Å². The average molecular weight is 206 g/mol. The lowest BCUT2D eigenvalue weighted by atomic mass is 9.70. The van der Waals surface area contributed by atoms with Gasteiger partial charge in [0.1, 0.15) is 0 Å². The minimum Gasteiger partial charge on any atom is -0.0643 e. The van der Waals surface area contributed by atoms with E-state index in [2.05, 4.69) is 60.6 Å². The van der Waals surface area contributed by atoms with Crippen LogP contribution in [0.5, 0.6) is 0 Å². The summed E-state index contributed by atoms with van der Waals surface area (Å²) in [6, 6.07) is 0. The second-order valence-corrected chi connectivity index (χ2v) is 6.92. The van der Waals surface area contributed by atoms with Gasteiger partial charge in [-0.2, -0.15) is 0 Å². The van der Waals surface area contributed by atoms with Gasteiger partial charge in [-0.15, -0.1) is 0 Å². The van der Waals surface area contributed by atoms with Gasteiger partial charge in [-0.1, -0.05) is 71.8 Å². The van der Waals surface area contributed by atoms with Crippen molar-refractivity contribution in [1.29, 1.82) is 0 Å². The predicted octanol–water partition coefficient (Wildman–Crippen LogP) is 4.97. The Kier molecular flexibility index (Phi) is 3.19. The van der Waals surface area contributed by atoms with Crippen LogP contribution in [0.25, 0.3) is 0 Å². The summed E-state index contributed by atoms with van der Waals surface area (Å²) in [7, 11) is 0. The van der Waals surface area contributed by atoms with Crippen molar-refractivity contribution >= 4 is 0 Å². The standard InChI is InChI=1S/C15H26/c1-11-10-12(14(2,3)4)8-9-13(11)15(5,6)7/h8-9,11H,10H2,1-7H3. The maximum absolute atomic E-state index is 2.36. The topological polar surface area (TPSA) is 0 Å². The van der Waals surface area contributed by atoms with Gasteiger partial charge in [0.05, 0.1) is 0 Å². The first-order valence-electron chi connectivity index (χ1n) is 6.04. The monoisotopic (exact) mass is 206 g/mol. The van der Waals surface area contributed by atoms with Gasteiger partial charge in [0.15, 0.2) is 0 Å². The van der Waals surface area contributed by atoms with Crippen molar-refractivity contribution in [2.75, 3.05) is 0 Å². The van der Waals surface area contributed by atoms with Crippen LogP contribution in [0.3, 0.4) is 0 Å². The molecule has 0 saturated carbocycles. The summed E-state index contributed by atoms with van der Waals surface area (Å²) in [6.45, 7) is 16.2. The van der Waals surface area contributed by atoms with Crippen LogP contribution >= 0.6 is 0 Å². The fourth-order valence-corrected chi connectivity index (χ4v) is 2.41. The zero-order chi connectivity index (χ0) is 11.9. The highest BCUT2D eigenvalue weighted by Gasteiger charge is 2.28. The molecule has 15 heavy (non-hydrogen) atoms. The molecule has 0 fully saturated rings. The van der Waals surface area contributed by atoms with Crippen LogP contribution < -0.4 is 0 Å². The minimum atomic E-state index is 0.319. The van der Waals surface area contributed by atoms with E-state index >= 15 is 0 Å². The largest absolute Gasteiger partial charge is 0.0643 e. The van der Waals surface area contributed by atoms with Crippen LogP contribution in [0, 0.1) is 16.7 Å². The Morgan fingerprint density at radius 3 is 1.80 bits per heavy atom. The zero-order valence-electron chi connectivity index (χ0n) is 11.4. The molecule has 86 valence electrons. The smallest absolute Gasteiger partial charge is 0.0167 e. The highest BCUT2D eigenvalue weighted by Crippen LogP contribution is 2.41. The molecule has 1 rings (SSSR count). The van der Waals surface area contributed by atoms with Gasteiger partial charge in [-0.3, -0.25) is 0 Å². The quantitative estimate of drug-likeness (QED) is 0.525. The van der Waals surface area contributed by atoms with Crippen LogP contribution in [0.2, 0.25) is 0 Å². The predicted molar refractivity (Wildman–Crippen MR) is 68.9 cm³/mol. The molecule has 1 atom stereocenters. The number of allylic oxidation sites excluding steroid dienone is 4. The second kappa shape index (κ2) is 3.81. The molecule has 0 heterocycles. The van der Waals surface area contributed by atoms with Gasteiger partial charge in [0.25, 0.3) is 0 Å². The fourth-order valence-electron chi connectivity index (χ4n) is 2.41. The molecule has 1 aliphatic rings. The highest BCUT2D eigenvalue weighted by atomic mass is 14.3. The molecule has 1 unspecified atom stereocenters. The van der Waals surface area contributed by atoms with E-state index in [0.29, 0.717) is 16.7 Å². The molecule has 0 amide bonds. The molecule has 0 spiro atoms. The van der Waals surface area contributed by atoms with Crippen molar-refractivity contribution in [1.82, 2.24) is 0 Å². The second-order valence-electron chi connectivity index (χ2n) is 6.92. The van der Waals surface area contributed by atoms with E-state index in [1.165, 1.54) is 6.42 Å². The molecular formula is C15H26. The Morgan fingerprint density at radius 1 is 0.933 bits per heavy atom. The van der Waals surface area contributed by atoms with Gasteiger partial charge in [0, 0.05) is 0 Å². The summed E-state index contributed by atoms with van der Waals surface area (Å²) in [5.41, 5.74) is 3.83. The van der Waals surface area contributed by atoms with Gasteiger partial charge in [-0.25, -0.2) is 0 Å². The first-order valence-corrected chi connectivity index (χ1v) is 6.04. The first-order chi connectivity index (χ1) is 6.62. The summed E-state index contributed by atoms with van der Waals surface area (Å²) in [4.78, 5) is 0. The Labute approximate surface area is 95.5 Å². The molecule has 0 aliphatic heterocycles. The molecular weight excluding hydrogens is 180 g/mol. The van der Waals surface area contributed by atoms with Crippen molar-refractivity contribution in [3.8, 4) is 0 Å². The van der Waals surface area contributed by atoms with Gasteiger partial charge < -0.3 is 0 Å². The lowest BCUT2D eigenvalue weighted by Gasteiger charge is -2.35. The Balaban J connectivity index is 2.99. The molecule has 0 nitrogen and oxygen atoms in total. The van der Waals surface area contributed by atoms with E-state index in [0.717, 1.165) is 0 Å². The van der Waals surface area contributed by atoms with E-state index in [4.69, 9.17) is 0 Å².